The van der Waals surface area contributed by atoms with Crippen molar-refractivity contribution < 1.29 is 14.1 Å². The van der Waals surface area contributed by atoms with Crippen LogP contribution in [0.15, 0.2) is 53.6 Å². The van der Waals surface area contributed by atoms with E-state index < -0.39 is 11.2 Å². The molecule has 0 saturated carbocycles. The normalized spacial score (nSPS) is 16.8. The molecule has 168 valence electrons. The number of carbonyl (C=O) groups excluding carboxylic acids is 1. The number of anilines is 2. The molecule has 0 spiro atoms. The molecule has 1 N–H and O–H groups in total. The minimum atomic E-state index is -1.03. The van der Waals surface area contributed by atoms with Crippen LogP contribution in [0.1, 0.15) is 30.2 Å². The molecular formula is C24H27N3O3S2. The molecule has 8 heteroatoms. The van der Waals surface area contributed by atoms with E-state index in [2.05, 4.69) is 16.4 Å². The standard InChI is InChI=1S/C24H27N3O3S2/c1-16-15-25-24(31-16)26-19-6-11-23(30-21-7-9-22(10-8-21)32(3)29)18(13-19)14-20-5-4-12-27(20)17(2)28/h6-11,13,15,20H,4-5,12,14H2,1-3H3,(H,25,26). The van der Waals surface area contributed by atoms with Gasteiger partial charge in [0.25, 0.3) is 0 Å². The molecule has 0 aliphatic carbocycles. The van der Waals surface area contributed by atoms with Gasteiger partial charge in [-0.3, -0.25) is 4.79 Å². The Kier molecular flexibility index (Phi) is 7.03. The molecule has 1 aliphatic heterocycles. The quantitative estimate of drug-likeness (QED) is 0.477. The lowest BCUT2D eigenvalue weighted by Crippen LogP contribution is -2.35. The van der Waals surface area contributed by atoms with Crippen LogP contribution in [-0.2, 0) is 22.4 Å². The topological polar surface area (TPSA) is 77.5 Å². The number of likely N-dealkylation sites (tertiary alicyclic amines) is 1. The van der Waals surface area contributed by atoms with Crippen LogP contribution in [0.25, 0.3) is 0 Å². The molecule has 4 rings (SSSR count). The number of aryl methyl sites for hydroxylation is 1. The first-order chi connectivity index (χ1) is 15.4. The largest absolute Gasteiger partial charge is 0.612 e. The van der Waals surface area contributed by atoms with Crippen molar-refractivity contribution in [2.45, 2.75) is 44.0 Å². The fourth-order valence-electron chi connectivity index (χ4n) is 3.99. The van der Waals surface area contributed by atoms with Crippen LogP contribution in [0, 0.1) is 6.92 Å². The van der Waals surface area contributed by atoms with Gasteiger partial charge in [0.15, 0.2) is 10.0 Å². The Bertz CT molecular complexity index is 1080. The summed E-state index contributed by atoms with van der Waals surface area (Å²) in [6.07, 6.45) is 6.23. The fourth-order valence-corrected chi connectivity index (χ4v) is 5.20. The second-order valence-corrected chi connectivity index (χ2v) is 10.6. The number of rotatable bonds is 7. The molecule has 1 amide bonds. The lowest BCUT2D eigenvalue weighted by molar-refractivity contribution is -0.129. The molecule has 2 aromatic carbocycles. The summed E-state index contributed by atoms with van der Waals surface area (Å²) in [6, 6.07) is 13.5. The summed E-state index contributed by atoms with van der Waals surface area (Å²) in [5, 5.41) is 4.22. The average Bonchev–Trinajstić information content (AvgIpc) is 3.39. The van der Waals surface area contributed by atoms with Crippen LogP contribution < -0.4 is 10.1 Å². The molecular weight excluding hydrogens is 442 g/mol. The molecule has 0 bridgehead atoms. The van der Waals surface area contributed by atoms with Crippen LogP contribution in [0.4, 0.5) is 10.8 Å². The number of ether oxygens (including phenoxy) is 1. The lowest BCUT2D eigenvalue weighted by Gasteiger charge is -2.24. The van der Waals surface area contributed by atoms with Gasteiger partial charge in [0.1, 0.15) is 17.8 Å². The maximum Gasteiger partial charge on any atom is 0.219 e. The number of amides is 1. The summed E-state index contributed by atoms with van der Waals surface area (Å²) >= 11 is 0.578. The highest BCUT2D eigenvalue weighted by atomic mass is 32.2. The summed E-state index contributed by atoms with van der Waals surface area (Å²) in [6.45, 7) is 4.47. The van der Waals surface area contributed by atoms with Crippen molar-refractivity contribution in [1.29, 1.82) is 0 Å². The van der Waals surface area contributed by atoms with Crippen LogP contribution in [-0.4, -0.2) is 39.2 Å². The van der Waals surface area contributed by atoms with Gasteiger partial charge >= 0.3 is 0 Å². The Hall–Kier alpha value is -2.55. The molecule has 1 fully saturated rings. The number of hydrogen-bond acceptors (Lipinski definition) is 6. The van der Waals surface area contributed by atoms with E-state index >= 15 is 0 Å². The highest BCUT2D eigenvalue weighted by Gasteiger charge is 2.27. The van der Waals surface area contributed by atoms with E-state index in [-0.39, 0.29) is 11.9 Å². The first kappa shape index (κ1) is 22.6. The van der Waals surface area contributed by atoms with Gasteiger partial charge in [-0.25, -0.2) is 4.98 Å². The Morgan fingerprint density at radius 1 is 1.31 bits per heavy atom. The van der Waals surface area contributed by atoms with E-state index in [1.165, 1.54) is 0 Å². The van der Waals surface area contributed by atoms with Crippen molar-refractivity contribution in [2.24, 2.45) is 0 Å². The number of aromatic nitrogens is 1. The SMILES string of the molecule is CC(=O)N1CCCC1Cc1cc(Nc2ncc(C)s2)ccc1Oc1ccc([S+](C)[O-])cc1. The van der Waals surface area contributed by atoms with Gasteiger partial charge in [0.2, 0.25) is 5.91 Å². The van der Waals surface area contributed by atoms with Gasteiger partial charge in [-0.1, -0.05) is 0 Å². The zero-order valence-electron chi connectivity index (χ0n) is 18.5. The summed E-state index contributed by atoms with van der Waals surface area (Å²) in [4.78, 5) is 20.3. The predicted octanol–water partition coefficient (Wildman–Crippen LogP) is 5.28. The van der Waals surface area contributed by atoms with Crippen LogP contribution in [0.3, 0.4) is 0 Å². The molecule has 2 heterocycles. The number of nitrogens with one attached hydrogen (secondary N) is 1. The molecule has 2 atom stereocenters. The summed E-state index contributed by atoms with van der Waals surface area (Å²) in [5.74, 6) is 1.56. The monoisotopic (exact) mass is 469 g/mol. The molecule has 1 aromatic heterocycles. The molecule has 6 nitrogen and oxygen atoms in total. The second kappa shape index (κ2) is 9.94. The van der Waals surface area contributed by atoms with Crippen LogP contribution in [0.2, 0.25) is 0 Å². The maximum absolute atomic E-state index is 12.1. The van der Waals surface area contributed by atoms with Crippen molar-refractivity contribution in [3.05, 3.63) is 59.1 Å². The maximum atomic E-state index is 12.1. The van der Waals surface area contributed by atoms with E-state index in [4.69, 9.17) is 4.74 Å². The molecule has 32 heavy (non-hydrogen) atoms. The van der Waals surface area contributed by atoms with Crippen molar-refractivity contribution in [2.75, 3.05) is 18.1 Å². The first-order valence-corrected chi connectivity index (χ1v) is 13.0. The number of hydrogen-bond donors (Lipinski definition) is 1. The van der Waals surface area contributed by atoms with Gasteiger partial charge < -0.3 is 19.5 Å². The minimum Gasteiger partial charge on any atom is -0.612 e. The Morgan fingerprint density at radius 3 is 2.75 bits per heavy atom. The minimum absolute atomic E-state index is 0.116. The Labute approximate surface area is 195 Å². The second-order valence-electron chi connectivity index (χ2n) is 7.96. The number of carbonyl (C=O) groups is 1. The van der Waals surface area contributed by atoms with Crippen molar-refractivity contribution in [3.63, 3.8) is 0 Å². The number of nitrogens with zero attached hydrogens (tertiary/aromatic N) is 2. The number of benzene rings is 2. The zero-order chi connectivity index (χ0) is 22.7. The number of thiazole rings is 1. The van der Waals surface area contributed by atoms with Gasteiger partial charge in [-0.2, -0.15) is 0 Å². The smallest absolute Gasteiger partial charge is 0.219 e. The highest BCUT2D eigenvalue weighted by molar-refractivity contribution is 7.90. The molecule has 1 aliphatic rings. The Morgan fingerprint density at radius 2 is 2.09 bits per heavy atom. The highest BCUT2D eigenvalue weighted by Crippen LogP contribution is 2.33. The van der Waals surface area contributed by atoms with Crippen molar-refractivity contribution in [3.8, 4) is 11.5 Å². The molecule has 1 saturated heterocycles. The lowest BCUT2D eigenvalue weighted by atomic mass is 10.0. The molecule has 3 aromatic rings. The van der Waals surface area contributed by atoms with Gasteiger partial charge in [-0.05, 0) is 85.4 Å². The van der Waals surface area contributed by atoms with E-state index in [9.17, 15) is 9.35 Å². The summed E-state index contributed by atoms with van der Waals surface area (Å²) in [5.41, 5.74) is 1.97. The van der Waals surface area contributed by atoms with E-state index in [1.807, 2.05) is 54.4 Å². The van der Waals surface area contributed by atoms with Gasteiger partial charge in [0.05, 0.1) is 0 Å². The van der Waals surface area contributed by atoms with Crippen LogP contribution >= 0.6 is 11.3 Å². The van der Waals surface area contributed by atoms with E-state index in [1.54, 1.807) is 24.5 Å². The summed E-state index contributed by atoms with van der Waals surface area (Å²) in [7, 11) is 0. The molecule has 0 radical (unpaired) electrons. The Balaban J connectivity index is 1.60. The van der Waals surface area contributed by atoms with E-state index in [0.717, 1.165) is 57.7 Å². The summed E-state index contributed by atoms with van der Waals surface area (Å²) < 4.78 is 17.9. The molecule has 2 unspecified atom stereocenters. The average molecular weight is 470 g/mol. The zero-order valence-corrected chi connectivity index (χ0v) is 20.1. The third-order valence-corrected chi connectivity index (χ3v) is 7.32. The predicted molar refractivity (Wildman–Crippen MR) is 130 cm³/mol. The third-order valence-electron chi connectivity index (χ3n) is 5.55. The van der Waals surface area contributed by atoms with Gasteiger partial charge in [0, 0.05) is 36.3 Å². The van der Waals surface area contributed by atoms with E-state index in [0.29, 0.717) is 5.75 Å². The van der Waals surface area contributed by atoms with Crippen molar-refractivity contribution in [1.82, 2.24) is 9.88 Å². The first-order valence-electron chi connectivity index (χ1n) is 10.6. The van der Waals surface area contributed by atoms with Gasteiger partial charge in [-0.15, -0.1) is 11.3 Å². The van der Waals surface area contributed by atoms with Crippen LogP contribution in [0.5, 0.6) is 11.5 Å². The fraction of sp³-hybridized carbons (Fsp3) is 0.333. The van der Waals surface area contributed by atoms with Crippen molar-refractivity contribution >= 4 is 39.2 Å². The third kappa shape index (κ3) is 5.43.